The van der Waals surface area contributed by atoms with E-state index in [1.54, 1.807) is 24.5 Å². The van der Waals surface area contributed by atoms with Crippen molar-refractivity contribution in [3.05, 3.63) is 41.7 Å². The molecule has 2 aromatic heterocycles. The van der Waals surface area contributed by atoms with E-state index in [2.05, 4.69) is 20.4 Å². The molecule has 0 atom stereocenters. The molecule has 0 aromatic carbocycles. The van der Waals surface area contributed by atoms with Gasteiger partial charge in [-0.1, -0.05) is 6.07 Å². The van der Waals surface area contributed by atoms with Gasteiger partial charge in [-0.2, -0.15) is 18.3 Å². The number of halogens is 3. The predicted molar refractivity (Wildman–Crippen MR) is 70.6 cm³/mol. The molecule has 0 bridgehead atoms. The molecule has 0 aliphatic carbocycles. The van der Waals surface area contributed by atoms with E-state index in [0.29, 0.717) is 0 Å². The van der Waals surface area contributed by atoms with Crippen molar-refractivity contribution in [3.63, 3.8) is 0 Å². The first kappa shape index (κ1) is 15.9. The molecule has 0 aliphatic rings. The van der Waals surface area contributed by atoms with Gasteiger partial charge in [-0.3, -0.25) is 9.78 Å². The Balaban J connectivity index is 2.20. The largest absolute Gasteiger partial charge is 0.408 e. The lowest BCUT2D eigenvalue weighted by Gasteiger charge is -2.08. The van der Waals surface area contributed by atoms with Crippen molar-refractivity contribution in [1.82, 2.24) is 25.1 Å². The Morgan fingerprint density at radius 2 is 2.18 bits per heavy atom. The van der Waals surface area contributed by atoms with Crippen molar-refractivity contribution in [3.8, 4) is 0 Å². The van der Waals surface area contributed by atoms with Gasteiger partial charge in [0.15, 0.2) is 5.82 Å². The van der Waals surface area contributed by atoms with Crippen LogP contribution in [0.1, 0.15) is 24.1 Å². The van der Waals surface area contributed by atoms with Crippen molar-refractivity contribution in [2.24, 2.45) is 0 Å². The molecule has 2 heterocycles. The van der Waals surface area contributed by atoms with E-state index in [1.165, 1.54) is 6.92 Å². The van der Waals surface area contributed by atoms with E-state index in [9.17, 15) is 18.0 Å². The van der Waals surface area contributed by atoms with Crippen molar-refractivity contribution in [2.75, 3.05) is 0 Å². The van der Waals surface area contributed by atoms with Crippen LogP contribution in [-0.4, -0.2) is 31.8 Å². The third-order valence-electron chi connectivity index (χ3n) is 2.70. The summed E-state index contributed by atoms with van der Waals surface area (Å²) in [6, 6.07) is 3.51. The zero-order valence-electron chi connectivity index (χ0n) is 11.8. The quantitative estimate of drug-likeness (QED) is 0.907. The smallest absolute Gasteiger partial charge is 0.349 e. The summed E-state index contributed by atoms with van der Waals surface area (Å²) in [5, 5.41) is 6.30. The number of alkyl halides is 3. The number of hydrogen-bond acceptors (Lipinski definition) is 4. The van der Waals surface area contributed by atoms with Gasteiger partial charge in [-0.15, -0.1) is 0 Å². The Bertz CT molecular complexity index is 639. The molecule has 2 aromatic rings. The SMILES string of the molecule is CC(=O)NCc1nc(Cc2cccnc2)nn1CC(F)(F)F. The predicted octanol–water partition coefficient (Wildman–Crippen LogP) is 1.46. The molecule has 0 aliphatic heterocycles. The van der Waals surface area contributed by atoms with Gasteiger partial charge in [0.2, 0.25) is 5.91 Å². The topological polar surface area (TPSA) is 72.7 Å². The second kappa shape index (κ2) is 6.54. The summed E-state index contributed by atoms with van der Waals surface area (Å²) in [6.07, 6.45) is -0.949. The monoisotopic (exact) mass is 313 g/mol. The van der Waals surface area contributed by atoms with E-state index in [4.69, 9.17) is 0 Å². The summed E-state index contributed by atoms with van der Waals surface area (Å²) in [4.78, 5) is 18.9. The normalized spacial score (nSPS) is 11.5. The van der Waals surface area contributed by atoms with Crippen LogP contribution in [0.25, 0.3) is 0 Å². The second-order valence-corrected chi connectivity index (χ2v) is 4.66. The molecule has 1 N–H and O–H groups in total. The van der Waals surface area contributed by atoms with Crippen LogP contribution in [0.4, 0.5) is 13.2 Å². The number of carbonyl (C=O) groups excluding carboxylic acids is 1. The fourth-order valence-corrected chi connectivity index (χ4v) is 1.82. The number of nitrogens with one attached hydrogen (secondary N) is 1. The molecule has 2 rings (SSSR count). The molecule has 0 unspecified atom stereocenters. The Kier molecular flexibility index (Phi) is 4.74. The number of hydrogen-bond donors (Lipinski definition) is 1. The van der Waals surface area contributed by atoms with Crippen LogP contribution in [0.2, 0.25) is 0 Å². The van der Waals surface area contributed by atoms with Gasteiger partial charge >= 0.3 is 6.18 Å². The highest BCUT2D eigenvalue weighted by atomic mass is 19.4. The molecule has 22 heavy (non-hydrogen) atoms. The molecule has 0 radical (unpaired) electrons. The highest BCUT2D eigenvalue weighted by Crippen LogP contribution is 2.18. The summed E-state index contributed by atoms with van der Waals surface area (Å²) in [5.74, 6) is -0.0422. The summed E-state index contributed by atoms with van der Waals surface area (Å²) < 4.78 is 38.5. The minimum Gasteiger partial charge on any atom is -0.349 e. The summed E-state index contributed by atoms with van der Waals surface area (Å²) in [7, 11) is 0. The fourth-order valence-electron chi connectivity index (χ4n) is 1.82. The first-order valence-electron chi connectivity index (χ1n) is 6.46. The van der Waals surface area contributed by atoms with E-state index in [-0.39, 0.29) is 30.5 Å². The van der Waals surface area contributed by atoms with Crippen LogP contribution in [-0.2, 0) is 24.3 Å². The number of rotatable bonds is 5. The van der Waals surface area contributed by atoms with Gasteiger partial charge in [-0.25, -0.2) is 9.67 Å². The van der Waals surface area contributed by atoms with Crippen LogP contribution in [0.15, 0.2) is 24.5 Å². The average Bonchev–Trinajstić information content (AvgIpc) is 2.77. The first-order valence-corrected chi connectivity index (χ1v) is 6.46. The molecule has 0 saturated carbocycles. The number of pyridine rings is 1. The Hall–Kier alpha value is -2.45. The van der Waals surface area contributed by atoms with Gasteiger partial charge in [0.05, 0.1) is 6.54 Å². The third kappa shape index (κ3) is 4.83. The van der Waals surface area contributed by atoms with Crippen molar-refractivity contribution < 1.29 is 18.0 Å². The van der Waals surface area contributed by atoms with E-state index in [1.807, 2.05) is 0 Å². The van der Waals surface area contributed by atoms with Crippen molar-refractivity contribution in [2.45, 2.75) is 32.6 Å². The lowest BCUT2D eigenvalue weighted by atomic mass is 10.2. The number of carbonyl (C=O) groups is 1. The van der Waals surface area contributed by atoms with Gasteiger partial charge < -0.3 is 5.32 Å². The highest BCUT2D eigenvalue weighted by Gasteiger charge is 2.30. The number of nitrogens with zero attached hydrogens (tertiary/aromatic N) is 4. The van der Waals surface area contributed by atoms with Gasteiger partial charge in [0.25, 0.3) is 0 Å². The maximum absolute atomic E-state index is 12.6. The molecule has 0 fully saturated rings. The molecule has 1 amide bonds. The van der Waals surface area contributed by atoms with Crippen LogP contribution in [0.5, 0.6) is 0 Å². The van der Waals surface area contributed by atoms with Crippen LogP contribution >= 0.6 is 0 Å². The Morgan fingerprint density at radius 1 is 1.41 bits per heavy atom. The van der Waals surface area contributed by atoms with E-state index in [0.717, 1.165) is 10.2 Å². The van der Waals surface area contributed by atoms with Gasteiger partial charge in [-0.05, 0) is 11.6 Å². The molecular weight excluding hydrogens is 299 g/mol. The average molecular weight is 313 g/mol. The minimum absolute atomic E-state index is 0.0615. The molecular formula is C13H14F3N5O. The maximum atomic E-state index is 12.6. The summed E-state index contributed by atoms with van der Waals surface area (Å²) in [6.45, 7) is -0.0750. The third-order valence-corrected chi connectivity index (χ3v) is 2.70. The van der Waals surface area contributed by atoms with Crippen LogP contribution in [0, 0.1) is 0 Å². The minimum atomic E-state index is -4.41. The summed E-state index contributed by atoms with van der Waals surface area (Å²) in [5.41, 5.74) is 0.790. The number of amides is 1. The zero-order chi connectivity index (χ0) is 16.2. The Morgan fingerprint density at radius 3 is 2.77 bits per heavy atom. The molecule has 118 valence electrons. The molecule has 0 saturated heterocycles. The zero-order valence-corrected chi connectivity index (χ0v) is 11.8. The maximum Gasteiger partial charge on any atom is 0.408 e. The Labute approximate surface area is 124 Å². The van der Waals surface area contributed by atoms with Gasteiger partial charge in [0, 0.05) is 25.7 Å². The summed E-state index contributed by atoms with van der Waals surface area (Å²) >= 11 is 0. The van der Waals surface area contributed by atoms with Crippen molar-refractivity contribution in [1.29, 1.82) is 0 Å². The standard InChI is InChI=1S/C13H14F3N5O/c1-9(22)18-7-12-19-11(5-10-3-2-4-17-6-10)20-21(12)8-13(14,15)16/h2-4,6H,5,7-8H2,1H3,(H,18,22). The van der Waals surface area contributed by atoms with Crippen LogP contribution in [0.3, 0.4) is 0 Å². The number of aromatic nitrogens is 4. The van der Waals surface area contributed by atoms with E-state index >= 15 is 0 Å². The van der Waals surface area contributed by atoms with E-state index < -0.39 is 12.7 Å². The first-order chi connectivity index (χ1) is 10.3. The molecule has 0 spiro atoms. The molecule has 9 heteroatoms. The van der Waals surface area contributed by atoms with Gasteiger partial charge in [0.1, 0.15) is 12.4 Å². The second-order valence-electron chi connectivity index (χ2n) is 4.66. The molecule has 6 nitrogen and oxygen atoms in total. The lowest BCUT2D eigenvalue weighted by molar-refractivity contribution is -0.143. The van der Waals surface area contributed by atoms with Crippen molar-refractivity contribution >= 4 is 5.91 Å². The fraction of sp³-hybridized carbons (Fsp3) is 0.385. The highest BCUT2D eigenvalue weighted by molar-refractivity contribution is 5.72. The van der Waals surface area contributed by atoms with Crippen LogP contribution < -0.4 is 5.32 Å². The lowest BCUT2D eigenvalue weighted by Crippen LogP contribution is -2.25.